The number of nitrogens with zero attached hydrogens (tertiary/aromatic N) is 2. The number of carbonyl (C=O) groups is 1. The third-order valence-corrected chi connectivity index (χ3v) is 6.31. The minimum absolute atomic E-state index is 0.0776. The van der Waals surface area contributed by atoms with Crippen LogP contribution in [0.2, 0.25) is 5.28 Å². The number of carboxylic acid groups (broad SMARTS) is 1. The average molecular weight is 414 g/mol. The maximum absolute atomic E-state index is 11.9. The van der Waals surface area contributed by atoms with Crippen LogP contribution in [0.4, 0.5) is 5.82 Å². The van der Waals surface area contributed by atoms with E-state index in [0.717, 1.165) is 25.7 Å². The van der Waals surface area contributed by atoms with Gasteiger partial charge in [0.25, 0.3) is 0 Å². The number of nitrogens with one attached hydrogen (secondary N) is 1. The smallest absolute Gasteiger partial charge is 0.308 e. The van der Waals surface area contributed by atoms with Crippen molar-refractivity contribution in [2.24, 2.45) is 17.8 Å². The highest BCUT2D eigenvalue weighted by atomic mass is 35.5. The largest absolute Gasteiger partial charge is 0.481 e. The van der Waals surface area contributed by atoms with Crippen LogP contribution in [0.1, 0.15) is 25.7 Å². The van der Waals surface area contributed by atoms with Crippen LogP contribution in [0.25, 0.3) is 23.0 Å². The molecule has 0 spiro atoms. The molecule has 0 amide bonds. The van der Waals surface area contributed by atoms with Gasteiger partial charge in [-0.25, -0.2) is 9.97 Å². The molecular weight excluding hydrogens is 394 g/mol. The number of halogens is 1. The highest BCUT2D eigenvalue weighted by molar-refractivity contribution is 6.28. The molecule has 0 aliphatic heterocycles. The van der Waals surface area contributed by atoms with Crippen LogP contribution < -0.4 is 5.32 Å². The van der Waals surface area contributed by atoms with Crippen LogP contribution in [0.15, 0.2) is 45.4 Å². The molecule has 8 heteroatoms. The maximum atomic E-state index is 11.9. The van der Waals surface area contributed by atoms with Crippen LogP contribution in [0.5, 0.6) is 0 Å². The van der Waals surface area contributed by atoms with Gasteiger partial charge in [-0.2, -0.15) is 0 Å². The predicted molar refractivity (Wildman–Crippen MR) is 106 cm³/mol. The molecule has 2 atom stereocenters. The first-order valence-electron chi connectivity index (χ1n) is 9.76. The van der Waals surface area contributed by atoms with E-state index >= 15 is 0 Å². The number of furan rings is 2. The van der Waals surface area contributed by atoms with E-state index in [-0.39, 0.29) is 17.2 Å². The van der Waals surface area contributed by atoms with Crippen LogP contribution in [-0.2, 0) is 4.79 Å². The van der Waals surface area contributed by atoms with Gasteiger partial charge in [-0.1, -0.05) is 0 Å². The van der Waals surface area contributed by atoms with Gasteiger partial charge in [0.1, 0.15) is 11.5 Å². The molecule has 2 unspecified atom stereocenters. The fraction of sp³-hybridized carbons (Fsp3) is 0.381. The summed E-state index contributed by atoms with van der Waals surface area (Å²) in [5.41, 5.74) is 0.526. The molecule has 3 saturated carbocycles. The SMILES string of the molecule is O=C(O)C1C2CCC(CC2)C1Nc1cc(-c2ccc(-c3ccco3)o2)nc(Cl)n1. The summed E-state index contributed by atoms with van der Waals surface area (Å²) in [5.74, 6) is 1.64. The van der Waals surface area contributed by atoms with Gasteiger partial charge in [-0.05, 0) is 73.4 Å². The summed E-state index contributed by atoms with van der Waals surface area (Å²) in [6, 6.07) is 8.79. The molecule has 29 heavy (non-hydrogen) atoms. The third kappa shape index (κ3) is 3.40. The van der Waals surface area contributed by atoms with E-state index in [1.165, 1.54) is 0 Å². The molecule has 3 aromatic rings. The fourth-order valence-electron chi connectivity index (χ4n) is 4.83. The Kier molecular flexibility index (Phi) is 4.54. The van der Waals surface area contributed by atoms with Gasteiger partial charge < -0.3 is 19.3 Å². The summed E-state index contributed by atoms with van der Waals surface area (Å²) >= 11 is 6.16. The first-order chi connectivity index (χ1) is 14.1. The third-order valence-electron chi connectivity index (χ3n) is 6.14. The lowest BCUT2D eigenvalue weighted by atomic mass is 9.61. The number of carboxylic acids is 1. The molecule has 3 aromatic heterocycles. The average Bonchev–Trinajstić information content (AvgIpc) is 3.40. The van der Waals surface area contributed by atoms with Gasteiger partial charge in [0.15, 0.2) is 17.3 Å². The van der Waals surface area contributed by atoms with E-state index in [0.29, 0.717) is 34.7 Å². The van der Waals surface area contributed by atoms with E-state index in [1.807, 2.05) is 6.07 Å². The minimum Gasteiger partial charge on any atom is -0.481 e. The second-order valence-electron chi connectivity index (χ2n) is 7.76. The molecule has 7 nitrogen and oxygen atoms in total. The summed E-state index contributed by atoms with van der Waals surface area (Å²) in [6.45, 7) is 0. The summed E-state index contributed by atoms with van der Waals surface area (Å²) in [5, 5.41) is 13.2. The molecular formula is C21H20ClN3O4. The van der Waals surface area contributed by atoms with Crippen LogP contribution >= 0.6 is 11.6 Å². The minimum atomic E-state index is -0.744. The number of aliphatic carboxylic acids is 1. The van der Waals surface area contributed by atoms with E-state index in [9.17, 15) is 9.90 Å². The van der Waals surface area contributed by atoms with E-state index < -0.39 is 11.9 Å². The highest BCUT2D eigenvalue weighted by Gasteiger charge is 2.47. The van der Waals surface area contributed by atoms with Crippen molar-refractivity contribution in [2.75, 3.05) is 5.32 Å². The molecule has 2 N–H and O–H groups in total. The molecule has 0 saturated heterocycles. The number of hydrogen-bond acceptors (Lipinski definition) is 6. The zero-order valence-electron chi connectivity index (χ0n) is 15.5. The Morgan fingerprint density at radius 2 is 1.83 bits per heavy atom. The maximum Gasteiger partial charge on any atom is 0.308 e. The van der Waals surface area contributed by atoms with Crippen molar-refractivity contribution in [1.29, 1.82) is 0 Å². The lowest BCUT2D eigenvalue weighted by Gasteiger charge is -2.47. The Bertz CT molecular complexity index is 1020. The highest BCUT2D eigenvalue weighted by Crippen LogP contribution is 2.46. The van der Waals surface area contributed by atoms with Gasteiger partial charge in [0, 0.05) is 12.1 Å². The van der Waals surface area contributed by atoms with E-state index in [4.69, 9.17) is 20.4 Å². The predicted octanol–water partition coefficient (Wildman–Crippen LogP) is 4.95. The second kappa shape index (κ2) is 7.22. The molecule has 3 heterocycles. The van der Waals surface area contributed by atoms with Gasteiger partial charge in [0.05, 0.1) is 12.2 Å². The molecule has 3 aliphatic rings. The van der Waals surface area contributed by atoms with Gasteiger partial charge >= 0.3 is 5.97 Å². The second-order valence-corrected chi connectivity index (χ2v) is 8.10. The molecule has 6 rings (SSSR count). The first-order valence-corrected chi connectivity index (χ1v) is 10.1. The van der Waals surface area contributed by atoms with Gasteiger partial charge in [-0.3, -0.25) is 4.79 Å². The number of hydrogen-bond donors (Lipinski definition) is 2. The summed E-state index contributed by atoms with van der Waals surface area (Å²) in [7, 11) is 0. The lowest BCUT2D eigenvalue weighted by molar-refractivity contribution is -0.148. The van der Waals surface area contributed by atoms with E-state index in [2.05, 4.69) is 15.3 Å². The van der Waals surface area contributed by atoms with Gasteiger partial charge in [-0.15, -0.1) is 0 Å². The lowest BCUT2D eigenvalue weighted by Crippen LogP contribution is -2.51. The summed E-state index contributed by atoms with van der Waals surface area (Å²) in [4.78, 5) is 20.4. The Balaban J connectivity index is 1.43. The number of rotatable bonds is 5. The van der Waals surface area contributed by atoms with Crippen LogP contribution in [0.3, 0.4) is 0 Å². The quantitative estimate of drug-likeness (QED) is 0.570. The van der Waals surface area contributed by atoms with Crippen molar-refractivity contribution >= 4 is 23.4 Å². The molecule has 0 aromatic carbocycles. The van der Waals surface area contributed by atoms with Crippen LogP contribution in [-0.4, -0.2) is 27.1 Å². The van der Waals surface area contributed by atoms with Crippen molar-refractivity contribution in [2.45, 2.75) is 31.7 Å². The topological polar surface area (TPSA) is 101 Å². The Labute approximate surface area is 172 Å². The number of anilines is 1. The summed E-state index contributed by atoms with van der Waals surface area (Å²) in [6.07, 6.45) is 5.64. The van der Waals surface area contributed by atoms with E-state index in [1.54, 1.807) is 30.5 Å². The molecule has 3 aliphatic carbocycles. The van der Waals surface area contributed by atoms with Crippen molar-refractivity contribution in [3.63, 3.8) is 0 Å². The fourth-order valence-corrected chi connectivity index (χ4v) is 5.01. The monoisotopic (exact) mass is 413 g/mol. The zero-order valence-corrected chi connectivity index (χ0v) is 16.3. The molecule has 0 radical (unpaired) electrons. The molecule has 2 bridgehead atoms. The standard InChI is InChI=1S/C21H20ClN3O4/c22-21-23-13(14-7-8-16(29-14)15-2-1-9-28-15)10-17(25-21)24-19-12-5-3-11(4-6-12)18(19)20(26)27/h1-2,7-12,18-19H,3-6H2,(H,26,27)(H,23,24,25). The van der Waals surface area contributed by atoms with Crippen LogP contribution in [0, 0.1) is 17.8 Å². The molecule has 3 fully saturated rings. The summed E-state index contributed by atoms with van der Waals surface area (Å²) < 4.78 is 11.2. The Morgan fingerprint density at radius 1 is 1.07 bits per heavy atom. The first kappa shape index (κ1) is 18.2. The Hall–Kier alpha value is -2.80. The van der Waals surface area contributed by atoms with Crippen molar-refractivity contribution in [1.82, 2.24) is 9.97 Å². The Morgan fingerprint density at radius 3 is 2.55 bits per heavy atom. The zero-order chi connectivity index (χ0) is 20.0. The van der Waals surface area contributed by atoms with Crippen molar-refractivity contribution in [3.05, 3.63) is 41.9 Å². The van der Waals surface area contributed by atoms with Gasteiger partial charge in [0.2, 0.25) is 5.28 Å². The van der Waals surface area contributed by atoms with Crippen molar-refractivity contribution in [3.8, 4) is 23.0 Å². The number of aromatic nitrogens is 2. The van der Waals surface area contributed by atoms with Crippen molar-refractivity contribution < 1.29 is 18.7 Å². The number of fused-ring (bicyclic) bond motifs is 3. The normalized spacial score (nSPS) is 25.8. The molecule has 150 valence electrons.